The van der Waals surface area contributed by atoms with Gasteiger partial charge < -0.3 is 10.7 Å². The highest BCUT2D eigenvalue weighted by atomic mass is 16.1. The molecule has 2 aromatic carbocycles. The molecule has 0 saturated heterocycles. The molecule has 0 radical (unpaired) electrons. The molecule has 0 unspecified atom stereocenters. The minimum Gasteiger partial charge on any atom is -0.354 e. The Labute approximate surface area is 179 Å². The van der Waals surface area contributed by atoms with Gasteiger partial charge in [-0.25, -0.2) is 14.6 Å². The molecular weight excluding hydrogens is 388 g/mol. The van der Waals surface area contributed by atoms with Gasteiger partial charge in [0.2, 0.25) is 5.43 Å². The van der Waals surface area contributed by atoms with Crippen LogP contribution in [0.2, 0.25) is 0 Å². The van der Waals surface area contributed by atoms with Gasteiger partial charge in [0.15, 0.2) is 11.5 Å². The van der Waals surface area contributed by atoms with E-state index in [1.54, 1.807) is 29.3 Å². The lowest BCUT2D eigenvalue weighted by atomic mass is 10.1. The molecule has 4 rings (SSSR count). The third kappa shape index (κ3) is 4.45. The number of benzene rings is 2. The van der Waals surface area contributed by atoms with Crippen LogP contribution < -0.4 is 10.7 Å². The summed E-state index contributed by atoms with van der Waals surface area (Å²) in [6, 6.07) is 18.5. The van der Waals surface area contributed by atoms with E-state index in [0.717, 1.165) is 28.7 Å². The van der Waals surface area contributed by atoms with Gasteiger partial charge in [0.25, 0.3) is 0 Å². The van der Waals surface area contributed by atoms with Crippen LogP contribution in [0, 0.1) is 12.3 Å². The van der Waals surface area contributed by atoms with Crippen LogP contribution in [0.15, 0.2) is 90.1 Å². The van der Waals surface area contributed by atoms with Crippen LogP contribution >= 0.6 is 0 Å². The molecule has 2 N–H and O–H groups in total. The van der Waals surface area contributed by atoms with Gasteiger partial charge in [0.05, 0.1) is 11.4 Å². The molecule has 0 bridgehead atoms. The lowest BCUT2D eigenvalue weighted by Crippen LogP contribution is -2.18. The van der Waals surface area contributed by atoms with Crippen molar-refractivity contribution in [2.45, 2.75) is 6.92 Å². The minimum atomic E-state index is -0.236. The molecule has 0 aliphatic rings. The highest BCUT2D eigenvalue weighted by Crippen LogP contribution is 2.21. The summed E-state index contributed by atoms with van der Waals surface area (Å²) in [5, 5.41) is 15.2. The molecule has 0 spiro atoms. The fraction of sp³-hybridized carbons (Fsp3) is 0.0417. The van der Waals surface area contributed by atoms with Crippen LogP contribution in [-0.4, -0.2) is 26.0 Å². The first kappa shape index (κ1) is 19.9. The molecule has 152 valence electrons. The summed E-state index contributed by atoms with van der Waals surface area (Å²) in [5.41, 5.74) is 3.93. The molecule has 0 atom stereocenters. The second-order valence-corrected chi connectivity index (χ2v) is 6.78. The Balaban J connectivity index is 1.73. The lowest BCUT2D eigenvalue weighted by Gasteiger charge is -2.14. The van der Waals surface area contributed by atoms with Gasteiger partial charge in [-0.05, 0) is 55.0 Å². The number of anilines is 1. The smallest absolute Gasteiger partial charge is 0.209 e. The van der Waals surface area contributed by atoms with E-state index in [2.05, 4.69) is 20.4 Å². The van der Waals surface area contributed by atoms with E-state index in [4.69, 9.17) is 5.41 Å². The number of aromatic nitrogens is 4. The molecule has 7 heteroatoms. The van der Waals surface area contributed by atoms with Crippen molar-refractivity contribution in [2.24, 2.45) is 0 Å². The average Bonchev–Trinajstić information content (AvgIpc) is 2.80. The summed E-state index contributed by atoms with van der Waals surface area (Å²) < 4.78 is 1.66. The molecular formula is C24H20N6O. The lowest BCUT2D eigenvalue weighted by molar-refractivity contribution is 0.819. The zero-order valence-electron chi connectivity index (χ0n) is 16.9. The topological polar surface area (TPSA) is 96.5 Å². The van der Waals surface area contributed by atoms with E-state index >= 15 is 0 Å². The van der Waals surface area contributed by atoms with Crippen molar-refractivity contribution >= 4 is 17.6 Å². The second-order valence-electron chi connectivity index (χ2n) is 6.78. The number of nitrogens with one attached hydrogen (secondary N) is 2. The number of nitrogens with zero attached hydrogens (tertiary/aromatic N) is 4. The highest BCUT2D eigenvalue weighted by Gasteiger charge is 2.12. The molecule has 0 aliphatic heterocycles. The molecule has 0 amide bonds. The van der Waals surface area contributed by atoms with Gasteiger partial charge in [0, 0.05) is 42.1 Å². The number of aryl methyl sites for hydroxylation is 1. The van der Waals surface area contributed by atoms with Crippen LogP contribution in [0.4, 0.5) is 5.69 Å². The Morgan fingerprint density at radius 1 is 1.03 bits per heavy atom. The first-order chi connectivity index (χ1) is 15.2. The van der Waals surface area contributed by atoms with Crippen LogP contribution in [0.25, 0.3) is 22.8 Å². The number of rotatable bonds is 6. The summed E-state index contributed by atoms with van der Waals surface area (Å²) in [5.74, 6) is 0.647. The van der Waals surface area contributed by atoms with Crippen LogP contribution in [-0.2, 0) is 0 Å². The molecule has 7 nitrogen and oxygen atoms in total. The normalized spacial score (nSPS) is 11.2. The Bertz CT molecular complexity index is 1300. The minimum absolute atomic E-state index is 0.227. The molecule has 2 heterocycles. The van der Waals surface area contributed by atoms with E-state index in [0.29, 0.717) is 11.5 Å². The van der Waals surface area contributed by atoms with E-state index in [1.807, 2.05) is 55.5 Å². The fourth-order valence-corrected chi connectivity index (χ4v) is 3.17. The Kier molecular flexibility index (Phi) is 5.75. The van der Waals surface area contributed by atoms with Crippen LogP contribution in [0.3, 0.4) is 0 Å². The number of para-hydroxylation sites is 1. The molecule has 0 aliphatic carbocycles. The molecule has 2 aromatic heterocycles. The van der Waals surface area contributed by atoms with Gasteiger partial charge in [-0.2, -0.15) is 5.10 Å². The average molecular weight is 408 g/mol. The largest absolute Gasteiger partial charge is 0.354 e. The van der Waals surface area contributed by atoms with Crippen LogP contribution in [0.1, 0.15) is 11.3 Å². The third-order valence-electron chi connectivity index (χ3n) is 4.63. The van der Waals surface area contributed by atoms with Crippen molar-refractivity contribution in [3.63, 3.8) is 0 Å². The second kappa shape index (κ2) is 8.96. The molecule has 4 aromatic rings. The maximum Gasteiger partial charge on any atom is 0.209 e. The quantitative estimate of drug-likeness (QED) is 0.468. The zero-order chi connectivity index (χ0) is 21.6. The summed E-state index contributed by atoms with van der Waals surface area (Å²) in [4.78, 5) is 21.2. The van der Waals surface area contributed by atoms with E-state index in [9.17, 15) is 4.79 Å². The van der Waals surface area contributed by atoms with E-state index in [1.165, 1.54) is 12.1 Å². The third-order valence-corrected chi connectivity index (χ3v) is 4.63. The Morgan fingerprint density at radius 3 is 2.52 bits per heavy atom. The predicted molar refractivity (Wildman–Crippen MR) is 122 cm³/mol. The Morgan fingerprint density at radius 2 is 1.81 bits per heavy atom. The van der Waals surface area contributed by atoms with Gasteiger partial charge in [-0.15, -0.1) is 0 Å². The Hall–Kier alpha value is -4.39. The summed E-state index contributed by atoms with van der Waals surface area (Å²) >= 11 is 0. The number of hydrogen-bond acceptors (Lipinski definition) is 6. The number of allylic oxidation sites excluding steroid dienone is 1. The van der Waals surface area contributed by atoms with E-state index < -0.39 is 0 Å². The van der Waals surface area contributed by atoms with Gasteiger partial charge >= 0.3 is 0 Å². The van der Waals surface area contributed by atoms with Gasteiger partial charge in [-0.3, -0.25) is 4.79 Å². The van der Waals surface area contributed by atoms with Crippen molar-refractivity contribution < 1.29 is 0 Å². The number of hydrogen-bond donors (Lipinski definition) is 2. The van der Waals surface area contributed by atoms with Gasteiger partial charge in [-0.1, -0.05) is 18.2 Å². The summed E-state index contributed by atoms with van der Waals surface area (Å²) in [6.07, 6.45) is 7.70. The highest BCUT2D eigenvalue weighted by molar-refractivity contribution is 5.86. The first-order valence-electron chi connectivity index (χ1n) is 9.67. The van der Waals surface area contributed by atoms with E-state index in [-0.39, 0.29) is 11.1 Å². The zero-order valence-corrected chi connectivity index (χ0v) is 16.9. The standard InChI is InChI=1S/C24H20N6O/c1-17-16-18(24-26-13-5-14-27-24)8-9-21(17)30-15-11-22(31)23(29-30)20(10-12-25)28-19-6-3-2-4-7-19/h2-16,25,28H,1H3/b20-10-,25-12?. The SMILES string of the molecule is Cc1cc(-c2ncccn2)ccc1-n1ccc(=O)c(/C(=C/C=N)Nc2ccccc2)n1. The van der Waals surface area contributed by atoms with Crippen molar-refractivity contribution in [1.29, 1.82) is 5.41 Å². The summed E-state index contributed by atoms with van der Waals surface area (Å²) in [6.45, 7) is 1.97. The molecule has 31 heavy (non-hydrogen) atoms. The van der Waals surface area contributed by atoms with Crippen molar-refractivity contribution in [1.82, 2.24) is 19.7 Å². The maximum atomic E-state index is 12.6. The maximum absolute atomic E-state index is 12.6. The first-order valence-corrected chi connectivity index (χ1v) is 9.67. The van der Waals surface area contributed by atoms with Crippen molar-refractivity contribution in [2.75, 3.05) is 5.32 Å². The molecule has 0 fully saturated rings. The van der Waals surface area contributed by atoms with Crippen molar-refractivity contribution in [3.8, 4) is 17.1 Å². The fourth-order valence-electron chi connectivity index (χ4n) is 3.17. The van der Waals surface area contributed by atoms with Gasteiger partial charge in [0.1, 0.15) is 0 Å². The monoisotopic (exact) mass is 408 g/mol. The van der Waals surface area contributed by atoms with Crippen LogP contribution in [0.5, 0.6) is 0 Å². The predicted octanol–water partition coefficient (Wildman–Crippen LogP) is 4.10. The molecule has 0 saturated carbocycles. The van der Waals surface area contributed by atoms with Crippen molar-refractivity contribution in [3.05, 3.63) is 107 Å². The summed E-state index contributed by atoms with van der Waals surface area (Å²) in [7, 11) is 0.